The summed E-state index contributed by atoms with van der Waals surface area (Å²) in [5.41, 5.74) is 2.69. The molecule has 3 aromatic rings. The van der Waals surface area contributed by atoms with E-state index in [-0.39, 0.29) is 18.0 Å². The molecule has 1 aliphatic heterocycles. The largest absolute Gasteiger partial charge is 0.493 e. The first-order valence-electron chi connectivity index (χ1n) is 12.9. The molecule has 0 spiro atoms. The molecule has 1 saturated heterocycles. The van der Waals surface area contributed by atoms with Crippen LogP contribution in [-0.4, -0.2) is 55.9 Å². The number of nitrogens with zero attached hydrogens (tertiary/aromatic N) is 2. The fourth-order valence-corrected chi connectivity index (χ4v) is 4.71. The summed E-state index contributed by atoms with van der Waals surface area (Å²) < 4.78 is 16.5. The van der Waals surface area contributed by atoms with Crippen LogP contribution < -0.4 is 14.4 Å². The second-order valence-electron chi connectivity index (χ2n) is 10.4. The molecule has 0 unspecified atom stereocenters. The van der Waals surface area contributed by atoms with E-state index in [0.717, 1.165) is 29.7 Å². The van der Waals surface area contributed by atoms with Crippen molar-refractivity contribution < 1.29 is 23.8 Å². The van der Waals surface area contributed by atoms with Crippen molar-refractivity contribution in [3.63, 3.8) is 0 Å². The zero-order valence-corrected chi connectivity index (χ0v) is 22.8. The molecular formula is C31H36N2O5. The van der Waals surface area contributed by atoms with Gasteiger partial charge in [-0.05, 0) is 75.1 Å². The highest BCUT2D eigenvalue weighted by Gasteiger charge is 2.35. The van der Waals surface area contributed by atoms with E-state index in [0.29, 0.717) is 30.2 Å². The molecule has 0 bridgehead atoms. The molecule has 0 saturated carbocycles. The molecule has 1 heterocycles. The summed E-state index contributed by atoms with van der Waals surface area (Å²) in [6.07, 6.45) is 1.29. The maximum atomic E-state index is 14.0. The summed E-state index contributed by atoms with van der Waals surface area (Å²) in [5, 5.41) is 0. The minimum absolute atomic E-state index is 0.172. The van der Waals surface area contributed by atoms with E-state index in [1.54, 1.807) is 42.2 Å². The average molecular weight is 517 g/mol. The molecular weight excluding hydrogens is 480 g/mol. The standard InChI is InChI=1S/C31H36N2O5/c1-31(2,3)38-30(35)32-18-10-15-26(32)21-33(29(34)24-16-17-27(36-4)28(20-24)37-5)25-14-9-13-23(19-25)22-11-7-6-8-12-22/h6-9,11-14,16-17,19-20,26H,10,15,18,21H2,1-5H3/t26-/m0/s1. The van der Waals surface area contributed by atoms with Crippen molar-refractivity contribution in [3.05, 3.63) is 78.4 Å². The molecule has 1 fully saturated rings. The second-order valence-corrected chi connectivity index (χ2v) is 10.4. The number of methoxy groups -OCH3 is 2. The van der Waals surface area contributed by atoms with Gasteiger partial charge in [0.15, 0.2) is 11.5 Å². The lowest BCUT2D eigenvalue weighted by Gasteiger charge is -2.32. The lowest BCUT2D eigenvalue weighted by atomic mass is 10.0. The van der Waals surface area contributed by atoms with Crippen LogP contribution >= 0.6 is 0 Å². The average Bonchev–Trinajstić information content (AvgIpc) is 3.39. The quantitative estimate of drug-likeness (QED) is 0.363. The Balaban J connectivity index is 1.71. The predicted molar refractivity (Wildman–Crippen MR) is 149 cm³/mol. The summed E-state index contributed by atoms with van der Waals surface area (Å²) in [7, 11) is 3.11. The van der Waals surface area contributed by atoms with Crippen molar-refractivity contribution in [3.8, 4) is 22.6 Å². The number of hydrogen-bond donors (Lipinski definition) is 0. The highest BCUT2D eigenvalue weighted by Crippen LogP contribution is 2.31. The number of anilines is 1. The zero-order valence-electron chi connectivity index (χ0n) is 22.8. The van der Waals surface area contributed by atoms with Crippen LogP contribution in [0.3, 0.4) is 0 Å². The number of amides is 2. The van der Waals surface area contributed by atoms with Crippen molar-refractivity contribution in [1.82, 2.24) is 4.90 Å². The third-order valence-corrected chi connectivity index (χ3v) is 6.54. The maximum Gasteiger partial charge on any atom is 0.410 e. The van der Waals surface area contributed by atoms with Gasteiger partial charge in [-0.2, -0.15) is 0 Å². The van der Waals surface area contributed by atoms with Crippen molar-refractivity contribution >= 4 is 17.7 Å². The van der Waals surface area contributed by atoms with E-state index in [2.05, 4.69) is 0 Å². The number of hydrogen-bond acceptors (Lipinski definition) is 5. The van der Waals surface area contributed by atoms with Crippen molar-refractivity contribution in [1.29, 1.82) is 0 Å². The highest BCUT2D eigenvalue weighted by molar-refractivity contribution is 6.07. The smallest absolute Gasteiger partial charge is 0.410 e. The van der Waals surface area contributed by atoms with E-state index in [1.807, 2.05) is 75.4 Å². The van der Waals surface area contributed by atoms with Crippen LogP contribution in [0.4, 0.5) is 10.5 Å². The molecule has 2 amide bonds. The molecule has 0 N–H and O–H groups in total. The fourth-order valence-electron chi connectivity index (χ4n) is 4.71. The van der Waals surface area contributed by atoms with Crippen molar-refractivity contribution in [2.24, 2.45) is 0 Å². The number of ether oxygens (including phenoxy) is 3. The Kier molecular flexibility index (Phi) is 8.25. The molecule has 0 radical (unpaired) electrons. The summed E-state index contributed by atoms with van der Waals surface area (Å²) in [4.78, 5) is 30.5. The van der Waals surface area contributed by atoms with E-state index in [1.165, 1.54) is 0 Å². The van der Waals surface area contributed by atoms with Crippen LogP contribution in [0.2, 0.25) is 0 Å². The van der Waals surface area contributed by atoms with Crippen LogP contribution in [-0.2, 0) is 4.74 Å². The van der Waals surface area contributed by atoms with Gasteiger partial charge in [-0.15, -0.1) is 0 Å². The highest BCUT2D eigenvalue weighted by atomic mass is 16.6. The Morgan fingerprint density at radius 1 is 0.895 bits per heavy atom. The predicted octanol–water partition coefficient (Wildman–Crippen LogP) is 6.42. The fraction of sp³-hybridized carbons (Fsp3) is 0.355. The van der Waals surface area contributed by atoms with E-state index in [9.17, 15) is 9.59 Å². The van der Waals surface area contributed by atoms with E-state index in [4.69, 9.17) is 14.2 Å². The lowest BCUT2D eigenvalue weighted by Crippen LogP contribution is -2.47. The Bertz CT molecular complexity index is 1270. The van der Waals surface area contributed by atoms with Gasteiger partial charge in [0.1, 0.15) is 5.60 Å². The normalized spacial score (nSPS) is 15.2. The molecule has 7 nitrogen and oxygen atoms in total. The van der Waals surface area contributed by atoms with Crippen LogP contribution in [0, 0.1) is 0 Å². The van der Waals surface area contributed by atoms with Gasteiger partial charge in [-0.1, -0.05) is 42.5 Å². The first-order valence-corrected chi connectivity index (χ1v) is 12.9. The molecule has 1 atom stereocenters. The van der Waals surface area contributed by atoms with Gasteiger partial charge >= 0.3 is 6.09 Å². The van der Waals surface area contributed by atoms with Gasteiger partial charge in [-0.3, -0.25) is 4.79 Å². The van der Waals surface area contributed by atoms with Gasteiger partial charge in [-0.25, -0.2) is 4.79 Å². The molecule has 0 aliphatic carbocycles. The number of carbonyl (C=O) groups excluding carboxylic acids is 2. The van der Waals surface area contributed by atoms with Crippen LogP contribution in [0.1, 0.15) is 44.0 Å². The Hall–Kier alpha value is -4.00. The number of benzene rings is 3. The summed E-state index contributed by atoms with van der Waals surface area (Å²) in [6.45, 7) is 6.51. The molecule has 4 rings (SSSR count). The monoisotopic (exact) mass is 516 g/mol. The molecule has 200 valence electrons. The first kappa shape index (κ1) is 27.0. The van der Waals surface area contributed by atoms with Gasteiger partial charge in [0, 0.05) is 24.3 Å². The van der Waals surface area contributed by atoms with Crippen LogP contribution in [0.15, 0.2) is 72.8 Å². The Labute approximate surface area is 224 Å². The number of rotatable bonds is 7. The molecule has 7 heteroatoms. The third kappa shape index (κ3) is 6.28. The Morgan fingerprint density at radius 3 is 2.29 bits per heavy atom. The van der Waals surface area contributed by atoms with Crippen LogP contribution in [0.5, 0.6) is 11.5 Å². The SMILES string of the molecule is COc1ccc(C(=O)N(C[C@@H]2CCCN2C(=O)OC(C)(C)C)c2cccc(-c3ccccc3)c2)cc1OC. The Morgan fingerprint density at radius 2 is 1.61 bits per heavy atom. The van der Waals surface area contributed by atoms with E-state index < -0.39 is 5.60 Å². The minimum atomic E-state index is -0.594. The lowest BCUT2D eigenvalue weighted by molar-refractivity contribution is 0.0230. The summed E-state index contributed by atoms with van der Waals surface area (Å²) in [6, 6.07) is 23.0. The first-order chi connectivity index (χ1) is 18.2. The third-order valence-electron chi connectivity index (χ3n) is 6.54. The molecule has 1 aliphatic rings. The van der Waals surface area contributed by atoms with Crippen molar-refractivity contribution in [2.45, 2.75) is 45.3 Å². The van der Waals surface area contributed by atoms with Crippen LogP contribution in [0.25, 0.3) is 11.1 Å². The molecule has 0 aromatic heterocycles. The number of likely N-dealkylation sites (tertiary alicyclic amines) is 1. The molecule has 3 aromatic carbocycles. The summed E-state index contributed by atoms with van der Waals surface area (Å²) in [5.74, 6) is 0.841. The van der Waals surface area contributed by atoms with Gasteiger partial charge in [0.05, 0.1) is 20.3 Å². The topological polar surface area (TPSA) is 68.3 Å². The maximum absolute atomic E-state index is 14.0. The number of carbonyl (C=O) groups is 2. The van der Waals surface area contributed by atoms with E-state index >= 15 is 0 Å². The van der Waals surface area contributed by atoms with Gasteiger partial charge < -0.3 is 24.0 Å². The minimum Gasteiger partial charge on any atom is -0.493 e. The van der Waals surface area contributed by atoms with Crippen molar-refractivity contribution in [2.75, 3.05) is 32.2 Å². The summed E-state index contributed by atoms with van der Waals surface area (Å²) >= 11 is 0. The van der Waals surface area contributed by atoms with Gasteiger partial charge in [0.25, 0.3) is 5.91 Å². The molecule has 38 heavy (non-hydrogen) atoms. The zero-order chi connectivity index (χ0) is 27.3. The van der Waals surface area contributed by atoms with Gasteiger partial charge in [0.2, 0.25) is 0 Å². The second kappa shape index (κ2) is 11.6.